The Bertz CT molecular complexity index is 245. The highest BCUT2D eigenvalue weighted by molar-refractivity contribution is 5.92. The van der Waals surface area contributed by atoms with Crippen molar-refractivity contribution in [2.45, 2.75) is 60.3 Å². The Labute approximate surface area is 99.7 Å². The average molecular weight is 226 g/mol. The molecule has 2 heteroatoms. The van der Waals surface area contributed by atoms with E-state index in [-0.39, 0.29) is 22.9 Å². The van der Waals surface area contributed by atoms with Gasteiger partial charge in [-0.25, -0.2) is 0 Å². The standard InChI is InChI=1S/C14H26O2/c1-6-11(7-2)12(15)10-13(16)14(5,8-3)9-4/h10-11,16H,6-9H2,1-5H3/b13-10-. The molecule has 94 valence electrons. The van der Waals surface area contributed by atoms with Crippen molar-refractivity contribution in [3.05, 3.63) is 11.8 Å². The van der Waals surface area contributed by atoms with Crippen molar-refractivity contribution in [3.8, 4) is 0 Å². The van der Waals surface area contributed by atoms with E-state index in [1.54, 1.807) is 0 Å². The van der Waals surface area contributed by atoms with Gasteiger partial charge < -0.3 is 5.11 Å². The first-order valence-corrected chi connectivity index (χ1v) is 6.40. The summed E-state index contributed by atoms with van der Waals surface area (Å²) in [5, 5.41) is 10.0. The Kier molecular flexibility index (Phi) is 6.39. The molecule has 0 amide bonds. The Morgan fingerprint density at radius 2 is 1.62 bits per heavy atom. The Hall–Kier alpha value is -0.790. The molecule has 0 aromatic rings. The largest absolute Gasteiger partial charge is 0.512 e. The van der Waals surface area contributed by atoms with Gasteiger partial charge in [0.05, 0.1) is 0 Å². The van der Waals surface area contributed by atoms with Crippen molar-refractivity contribution in [2.24, 2.45) is 11.3 Å². The van der Waals surface area contributed by atoms with Gasteiger partial charge in [-0.1, -0.05) is 34.6 Å². The lowest BCUT2D eigenvalue weighted by Gasteiger charge is -2.26. The molecule has 0 saturated heterocycles. The van der Waals surface area contributed by atoms with Crippen molar-refractivity contribution < 1.29 is 9.90 Å². The summed E-state index contributed by atoms with van der Waals surface area (Å²) < 4.78 is 0. The number of aliphatic hydroxyl groups is 1. The highest BCUT2D eigenvalue weighted by atomic mass is 16.3. The molecule has 0 aliphatic carbocycles. The van der Waals surface area contributed by atoms with E-state index in [4.69, 9.17) is 0 Å². The minimum absolute atomic E-state index is 0.0557. The predicted octanol–water partition coefficient (Wildman–Crippen LogP) is 4.26. The monoisotopic (exact) mass is 226 g/mol. The van der Waals surface area contributed by atoms with Gasteiger partial charge in [-0.05, 0) is 25.7 Å². The van der Waals surface area contributed by atoms with E-state index in [1.165, 1.54) is 6.08 Å². The van der Waals surface area contributed by atoms with Crippen LogP contribution >= 0.6 is 0 Å². The smallest absolute Gasteiger partial charge is 0.162 e. The van der Waals surface area contributed by atoms with Crippen LogP contribution in [0.4, 0.5) is 0 Å². The topological polar surface area (TPSA) is 37.3 Å². The van der Waals surface area contributed by atoms with E-state index in [1.807, 2.05) is 34.6 Å². The normalized spacial score (nSPS) is 13.2. The Morgan fingerprint density at radius 3 is 1.94 bits per heavy atom. The summed E-state index contributed by atoms with van der Waals surface area (Å²) in [6.07, 6.45) is 4.83. The summed E-state index contributed by atoms with van der Waals surface area (Å²) in [5.74, 6) is 0.366. The molecule has 0 saturated carbocycles. The molecule has 0 aliphatic rings. The fourth-order valence-electron chi connectivity index (χ4n) is 1.73. The van der Waals surface area contributed by atoms with E-state index in [9.17, 15) is 9.90 Å². The number of aliphatic hydroxyl groups excluding tert-OH is 1. The molecular weight excluding hydrogens is 200 g/mol. The van der Waals surface area contributed by atoms with E-state index in [0.717, 1.165) is 25.7 Å². The fourth-order valence-corrected chi connectivity index (χ4v) is 1.73. The lowest BCUT2D eigenvalue weighted by Crippen LogP contribution is -2.20. The quantitative estimate of drug-likeness (QED) is 0.520. The molecule has 0 atom stereocenters. The zero-order chi connectivity index (χ0) is 12.8. The fraction of sp³-hybridized carbons (Fsp3) is 0.786. The molecule has 0 radical (unpaired) electrons. The van der Waals surface area contributed by atoms with Crippen LogP contribution in [0.1, 0.15) is 60.3 Å². The highest BCUT2D eigenvalue weighted by Gasteiger charge is 2.26. The maximum absolute atomic E-state index is 11.9. The first kappa shape index (κ1) is 15.2. The summed E-state index contributed by atoms with van der Waals surface area (Å²) >= 11 is 0. The van der Waals surface area contributed by atoms with E-state index in [2.05, 4.69) is 0 Å². The van der Waals surface area contributed by atoms with Crippen molar-refractivity contribution in [2.75, 3.05) is 0 Å². The van der Waals surface area contributed by atoms with Crippen LogP contribution in [-0.4, -0.2) is 10.9 Å². The molecule has 2 nitrogen and oxygen atoms in total. The molecule has 0 unspecified atom stereocenters. The van der Waals surface area contributed by atoms with Gasteiger partial charge in [-0.2, -0.15) is 0 Å². The summed E-state index contributed by atoms with van der Waals surface area (Å²) in [6.45, 7) is 10.1. The third-order valence-electron chi connectivity index (χ3n) is 3.85. The van der Waals surface area contributed by atoms with Gasteiger partial charge in [0.25, 0.3) is 0 Å². The molecule has 0 rings (SSSR count). The molecule has 0 bridgehead atoms. The predicted molar refractivity (Wildman–Crippen MR) is 68.5 cm³/mol. The summed E-state index contributed by atoms with van der Waals surface area (Å²) in [5.41, 5.74) is -0.248. The maximum atomic E-state index is 11.9. The maximum Gasteiger partial charge on any atom is 0.162 e. The summed E-state index contributed by atoms with van der Waals surface area (Å²) in [6, 6.07) is 0. The minimum Gasteiger partial charge on any atom is -0.512 e. The first-order chi connectivity index (χ1) is 7.45. The van der Waals surface area contributed by atoms with Crippen LogP contribution in [0.5, 0.6) is 0 Å². The number of ketones is 1. The van der Waals surface area contributed by atoms with Gasteiger partial charge in [0.15, 0.2) is 5.78 Å². The molecule has 0 aliphatic heterocycles. The molecule has 1 N–H and O–H groups in total. The second-order valence-corrected chi connectivity index (χ2v) is 4.71. The number of carbonyl (C=O) groups is 1. The van der Waals surface area contributed by atoms with Crippen molar-refractivity contribution in [1.82, 2.24) is 0 Å². The third-order valence-corrected chi connectivity index (χ3v) is 3.85. The molecule has 0 aromatic carbocycles. The highest BCUT2D eigenvalue weighted by Crippen LogP contribution is 2.32. The van der Waals surface area contributed by atoms with E-state index in [0.29, 0.717) is 0 Å². The van der Waals surface area contributed by atoms with Crippen LogP contribution in [0.25, 0.3) is 0 Å². The van der Waals surface area contributed by atoms with Gasteiger partial charge in [0.2, 0.25) is 0 Å². The van der Waals surface area contributed by atoms with Crippen molar-refractivity contribution >= 4 is 5.78 Å². The van der Waals surface area contributed by atoms with Crippen molar-refractivity contribution in [3.63, 3.8) is 0 Å². The molecular formula is C14H26O2. The molecule has 0 aromatic heterocycles. The first-order valence-electron chi connectivity index (χ1n) is 6.40. The van der Waals surface area contributed by atoms with E-state index >= 15 is 0 Å². The zero-order valence-electron chi connectivity index (χ0n) is 11.3. The Balaban J connectivity index is 4.82. The average Bonchev–Trinajstić information content (AvgIpc) is 2.29. The van der Waals surface area contributed by atoms with Gasteiger partial charge in [0, 0.05) is 17.4 Å². The van der Waals surface area contributed by atoms with Gasteiger partial charge in [0.1, 0.15) is 5.76 Å². The van der Waals surface area contributed by atoms with Gasteiger partial charge in [-0.3, -0.25) is 4.79 Å². The number of carbonyl (C=O) groups excluding carboxylic acids is 1. The minimum atomic E-state index is -0.248. The van der Waals surface area contributed by atoms with Crippen molar-refractivity contribution in [1.29, 1.82) is 0 Å². The molecule has 0 heterocycles. The summed E-state index contributed by atoms with van der Waals surface area (Å²) in [7, 11) is 0. The van der Waals surface area contributed by atoms with Crippen LogP contribution in [0.15, 0.2) is 11.8 Å². The lowest BCUT2D eigenvalue weighted by atomic mass is 9.81. The van der Waals surface area contributed by atoms with Crippen LogP contribution in [0.3, 0.4) is 0 Å². The number of hydrogen-bond acceptors (Lipinski definition) is 2. The number of allylic oxidation sites excluding steroid dienone is 2. The van der Waals surface area contributed by atoms with Gasteiger partial charge >= 0.3 is 0 Å². The molecule has 0 fully saturated rings. The Morgan fingerprint density at radius 1 is 1.19 bits per heavy atom. The van der Waals surface area contributed by atoms with E-state index < -0.39 is 0 Å². The third kappa shape index (κ3) is 3.66. The summed E-state index contributed by atoms with van der Waals surface area (Å²) in [4.78, 5) is 11.9. The van der Waals surface area contributed by atoms with Crippen LogP contribution < -0.4 is 0 Å². The second-order valence-electron chi connectivity index (χ2n) is 4.71. The molecule has 0 spiro atoms. The second kappa shape index (κ2) is 6.72. The number of hydrogen-bond donors (Lipinski definition) is 1. The lowest BCUT2D eigenvalue weighted by molar-refractivity contribution is -0.118. The SMILES string of the molecule is CCC(CC)C(=O)/C=C(\O)C(C)(CC)CC. The van der Waals surface area contributed by atoms with Crippen LogP contribution in [0, 0.1) is 11.3 Å². The zero-order valence-corrected chi connectivity index (χ0v) is 11.3. The molecule has 16 heavy (non-hydrogen) atoms. The number of rotatable bonds is 7. The van der Waals surface area contributed by atoms with Gasteiger partial charge in [-0.15, -0.1) is 0 Å². The van der Waals surface area contributed by atoms with Crippen LogP contribution in [0.2, 0.25) is 0 Å². The van der Waals surface area contributed by atoms with Crippen LogP contribution in [-0.2, 0) is 4.79 Å².